The van der Waals surface area contributed by atoms with Gasteiger partial charge in [0, 0.05) is 17.0 Å². The third-order valence-corrected chi connectivity index (χ3v) is 7.11. The molecule has 0 bridgehead atoms. The van der Waals surface area contributed by atoms with Gasteiger partial charge in [0.05, 0.1) is 18.0 Å². The van der Waals surface area contributed by atoms with Crippen molar-refractivity contribution in [1.29, 1.82) is 0 Å². The van der Waals surface area contributed by atoms with Gasteiger partial charge in [-0.15, -0.1) is 11.3 Å². The van der Waals surface area contributed by atoms with Crippen LogP contribution in [0.4, 0.5) is 4.39 Å². The molecule has 0 aliphatic rings. The lowest BCUT2D eigenvalue weighted by Crippen LogP contribution is -2.27. The normalized spacial score (nSPS) is 12.4. The number of carbonyl (C=O) groups is 1. The predicted molar refractivity (Wildman–Crippen MR) is 118 cm³/mol. The topological polar surface area (TPSA) is 84.5 Å². The van der Waals surface area contributed by atoms with Crippen LogP contribution in [0.1, 0.15) is 33.8 Å². The lowest BCUT2D eigenvalue weighted by Gasteiger charge is -2.15. The largest absolute Gasteiger partial charge is 0.494 e. The van der Waals surface area contributed by atoms with Crippen molar-refractivity contribution in [1.82, 2.24) is 10.0 Å². The molecule has 2 aromatic carbocycles. The molecule has 0 fully saturated rings. The first kappa shape index (κ1) is 22.9. The molecular formula is C22H23FN2O4S2. The minimum absolute atomic E-state index is 0.0838. The molecule has 0 spiro atoms. The van der Waals surface area contributed by atoms with Crippen LogP contribution in [-0.4, -0.2) is 28.0 Å². The Kier molecular flexibility index (Phi) is 7.42. The molecule has 6 nitrogen and oxygen atoms in total. The summed E-state index contributed by atoms with van der Waals surface area (Å²) in [5, 5.41) is 4.72. The third kappa shape index (κ3) is 5.90. The van der Waals surface area contributed by atoms with E-state index in [4.69, 9.17) is 4.74 Å². The Balaban J connectivity index is 1.60. The van der Waals surface area contributed by atoms with Crippen molar-refractivity contribution in [2.45, 2.75) is 24.3 Å². The number of hydrogen-bond donors (Lipinski definition) is 2. The van der Waals surface area contributed by atoms with Crippen molar-refractivity contribution in [3.8, 4) is 5.75 Å². The highest BCUT2D eigenvalue weighted by Crippen LogP contribution is 2.22. The molecule has 0 aliphatic carbocycles. The molecule has 1 heterocycles. The Labute approximate surface area is 185 Å². The van der Waals surface area contributed by atoms with Gasteiger partial charge in [-0.3, -0.25) is 4.79 Å². The summed E-state index contributed by atoms with van der Waals surface area (Å²) < 4.78 is 46.2. The van der Waals surface area contributed by atoms with Crippen molar-refractivity contribution in [2.24, 2.45) is 0 Å². The number of amides is 1. The van der Waals surface area contributed by atoms with Gasteiger partial charge in [0.2, 0.25) is 10.0 Å². The van der Waals surface area contributed by atoms with Crippen LogP contribution in [0, 0.1) is 5.82 Å². The first-order valence-electron chi connectivity index (χ1n) is 9.56. The second-order valence-corrected chi connectivity index (χ2v) is 9.64. The number of sulfonamides is 1. The Hall–Kier alpha value is -2.75. The van der Waals surface area contributed by atoms with Crippen LogP contribution >= 0.6 is 11.3 Å². The molecule has 164 valence electrons. The van der Waals surface area contributed by atoms with Crippen LogP contribution in [0.2, 0.25) is 0 Å². The van der Waals surface area contributed by atoms with Crippen LogP contribution < -0.4 is 14.8 Å². The minimum Gasteiger partial charge on any atom is -0.494 e. The standard InChI is InChI=1S/C22H23FN2O4S2/c1-15(17-7-10-21(29-2)20(23)14-17)25-22(26)16-5-8-19(9-6-16)31(27,28)24-12-11-18-4-3-13-30-18/h3-10,13-15,24H,11-12H2,1-2H3,(H,25,26). The second-order valence-electron chi connectivity index (χ2n) is 6.84. The van der Waals surface area contributed by atoms with E-state index < -0.39 is 27.8 Å². The summed E-state index contributed by atoms with van der Waals surface area (Å²) in [7, 11) is -2.28. The molecule has 1 atom stereocenters. The zero-order valence-corrected chi connectivity index (χ0v) is 18.7. The Morgan fingerprint density at radius 3 is 2.52 bits per heavy atom. The molecule has 0 saturated carbocycles. The van der Waals surface area contributed by atoms with Crippen LogP contribution in [-0.2, 0) is 16.4 Å². The highest BCUT2D eigenvalue weighted by atomic mass is 32.2. The molecule has 31 heavy (non-hydrogen) atoms. The Morgan fingerprint density at radius 2 is 1.90 bits per heavy atom. The molecule has 2 N–H and O–H groups in total. The van der Waals surface area contributed by atoms with Crippen molar-refractivity contribution in [3.63, 3.8) is 0 Å². The molecule has 1 amide bonds. The molecule has 1 unspecified atom stereocenters. The average molecular weight is 463 g/mol. The molecule has 3 aromatic rings. The number of halogens is 1. The molecule has 0 radical (unpaired) electrons. The molecular weight excluding hydrogens is 439 g/mol. The second kappa shape index (κ2) is 10.0. The highest BCUT2D eigenvalue weighted by Gasteiger charge is 2.17. The summed E-state index contributed by atoms with van der Waals surface area (Å²) in [6.07, 6.45) is 0.612. The highest BCUT2D eigenvalue weighted by molar-refractivity contribution is 7.89. The van der Waals surface area contributed by atoms with E-state index in [-0.39, 0.29) is 10.6 Å². The summed E-state index contributed by atoms with van der Waals surface area (Å²) in [4.78, 5) is 13.7. The van der Waals surface area contributed by atoms with Crippen molar-refractivity contribution in [2.75, 3.05) is 13.7 Å². The van der Waals surface area contributed by atoms with Crippen LogP contribution in [0.15, 0.2) is 64.9 Å². The van der Waals surface area contributed by atoms with Crippen molar-refractivity contribution < 1.29 is 22.3 Å². The van der Waals surface area contributed by atoms with Gasteiger partial charge in [-0.2, -0.15) is 0 Å². The molecule has 9 heteroatoms. The lowest BCUT2D eigenvalue weighted by atomic mass is 10.1. The number of ether oxygens (including phenoxy) is 1. The molecule has 3 rings (SSSR count). The molecule has 1 aromatic heterocycles. The van der Waals surface area contributed by atoms with Gasteiger partial charge in [0.15, 0.2) is 11.6 Å². The fourth-order valence-electron chi connectivity index (χ4n) is 2.95. The van der Waals surface area contributed by atoms with E-state index in [1.165, 1.54) is 43.5 Å². The monoisotopic (exact) mass is 462 g/mol. The van der Waals surface area contributed by atoms with Crippen molar-refractivity contribution >= 4 is 27.3 Å². The van der Waals surface area contributed by atoms with Crippen LogP contribution in [0.25, 0.3) is 0 Å². The number of nitrogens with one attached hydrogen (secondary N) is 2. The lowest BCUT2D eigenvalue weighted by molar-refractivity contribution is 0.0939. The average Bonchev–Trinajstić information content (AvgIpc) is 3.27. The van der Waals surface area contributed by atoms with Gasteiger partial charge in [0.25, 0.3) is 5.91 Å². The maximum atomic E-state index is 13.9. The van der Waals surface area contributed by atoms with E-state index in [0.29, 0.717) is 24.1 Å². The zero-order chi connectivity index (χ0) is 22.4. The van der Waals surface area contributed by atoms with Gasteiger partial charge >= 0.3 is 0 Å². The summed E-state index contributed by atoms with van der Waals surface area (Å²) in [6, 6.07) is 13.6. The zero-order valence-electron chi connectivity index (χ0n) is 17.1. The maximum absolute atomic E-state index is 13.9. The number of methoxy groups -OCH3 is 1. The summed E-state index contributed by atoms with van der Waals surface area (Å²) in [5.74, 6) is -0.774. The minimum atomic E-state index is -3.66. The van der Waals surface area contributed by atoms with Gasteiger partial charge < -0.3 is 10.1 Å². The first-order valence-corrected chi connectivity index (χ1v) is 11.9. The smallest absolute Gasteiger partial charge is 0.251 e. The maximum Gasteiger partial charge on any atom is 0.251 e. The quantitative estimate of drug-likeness (QED) is 0.505. The van der Waals surface area contributed by atoms with Gasteiger partial charge in [-0.25, -0.2) is 17.5 Å². The molecule has 0 saturated heterocycles. The fourth-order valence-corrected chi connectivity index (χ4v) is 4.69. The first-order chi connectivity index (χ1) is 14.8. The number of hydrogen-bond acceptors (Lipinski definition) is 5. The summed E-state index contributed by atoms with van der Waals surface area (Å²) in [6.45, 7) is 2.02. The number of thiophene rings is 1. The Morgan fingerprint density at radius 1 is 1.16 bits per heavy atom. The number of rotatable bonds is 9. The SMILES string of the molecule is COc1ccc(C(C)NC(=O)c2ccc(S(=O)(=O)NCCc3cccs3)cc2)cc1F. The number of benzene rings is 2. The Bertz CT molecular complexity index is 1130. The van der Waals surface area contributed by atoms with Crippen molar-refractivity contribution in [3.05, 3.63) is 81.8 Å². The van der Waals surface area contributed by atoms with E-state index in [9.17, 15) is 17.6 Å². The summed E-state index contributed by atoms with van der Waals surface area (Å²) >= 11 is 1.57. The number of carbonyl (C=O) groups excluding carboxylic acids is 1. The third-order valence-electron chi connectivity index (χ3n) is 4.69. The van der Waals surface area contributed by atoms with Crippen LogP contribution in [0.5, 0.6) is 5.75 Å². The fraction of sp³-hybridized carbons (Fsp3) is 0.227. The van der Waals surface area contributed by atoms with E-state index in [1.807, 2.05) is 17.5 Å². The van der Waals surface area contributed by atoms with E-state index in [1.54, 1.807) is 24.3 Å². The van der Waals surface area contributed by atoms with Crippen LogP contribution in [0.3, 0.4) is 0 Å². The predicted octanol–water partition coefficient (Wildman–Crippen LogP) is 3.91. The van der Waals surface area contributed by atoms with E-state index in [2.05, 4.69) is 10.0 Å². The van der Waals surface area contributed by atoms with Gasteiger partial charge in [-0.1, -0.05) is 12.1 Å². The van der Waals surface area contributed by atoms with Gasteiger partial charge in [0.1, 0.15) is 0 Å². The van der Waals surface area contributed by atoms with E-state index >= 15 is 0 Å². The molecule has 0 aliphatic heterocycles. The van der Waals surface area contributed by atoms with Gasteiger partial charge in [-0.05, 0) is 66.8 Å². The summed E-state index contributed by atoms with van der Waals surface area (Å²) in [5.41, 5.74) is 0.888. The van der Waals surface area contributed by atoms with E-state index in [0.717, 1.165) is 4.88 Å².